The number of ether oxygens (including phenoxy) is 1. The summed E-state index contributed by atoms with van der Waals surface area (Å²) in [4.78, 5) is 8.41. The lowest BCUT2D eigenvalue weighted by Gasteiger charge is -2.31. The fourth-order valence-electron chi connectivity index (χ4n) is 1.59. The maximum Gasteiger partial charge on any atom is 0.234 e. The van der Waals surface area contributed by atoms with Crippen LogP contribution >= 0.6 is 11.6 Å². The number of nitrogens with zero attached hydrogens (tertiary/aromatic N) is 2. The van der Waals surface area contributed by atoms with E-state index in [-0.39, 0.29) is 6.10 Å². The molecule has 2 rings (SSSR count). The minimum Gasteiger partial charge on any atom is -0.474 e. The van der Waals surface area contributed by atoms with E-state index in [9.17, 15) is 0 Å². The van der Waals surface area contributed by atoms with Crippen LogP contribution < -0.4 is 10.1 Å². The normalized spacial score (nSPS) is 24.0. The van der Waals surface area contributed by atoms with Crippen LogP contribution in [-0.4, -0.2) is 27.5 Å². The molecule has 0 atom stereocenters. The summed E-state index contributed by atoms with van der Waals surface area (Å²) in [6.45, 7) is 3.93. The van der Waals surface area contributed by atoms with E-state index in [1.54, 1.807) is 12.4 Å². The van der Waals surface area contributed by atoms with E-state index < -0.39 is 0 Å². The summed E-state index contributed by atoms with van der Waals surface area (Å²) in [5.41, 5.74) is 0. The van der Waals surface area contributed by atoms with E-state index in [0.29, 0.717) is 17.3 Å². The Balaban J connectivity index is 1.93. The Morgan fingerprint density at radius 2 is 2.19 bits per heavy atom. The third-order valence-electron chi connectivity index (χ3n) is 2.40. The molecule has 0 aromatic carbocycles. The second kappa shape index (κ2) is 4.87. The number of rotatable bonds is 4. The third kappa shape index (κ3) is 2.98. The van der Waals surface area contributed by atoms with Crippen LogP contribution in [0.3, 0.4) is 0 Å². The van der Waals surface area contributed by atoms with Crippen molar-refractivity contribution >= 4 is 17.4 Å². The molecule has 0 spiro atoms. The molecule has 1 saturated carbocycles. The molecule has 1 aromatic rings. The van der Waals surface area contributed by atoms with Crippen LogP contribution in [0, 0.1) is 0 Å². The van der Waals surface area contributed by atoms with Gasteiger partial charge in [0.1, 0.15) is 5.82 Å². The van der Waals surface area contributed by atoms with Crippen molar-refractivity contribution in [2.75, 3.05) is 5.32 Å². The summed E-state index contributed by atoms with van der Waals surface area (Å²) in [5, 5.41) is 3.59. The van der Waals surface area contributed by atoms with Crippen LogP contribution in [0.25, 0.3) is 0 Å². The van der Waals surface area contributed by atoms with Gasteiger partial charge in [-0.2, -0.15) is 4.98 Å². The first-order chi connectivity index (χ1) is 7.63. The highest BCUT2D eigenvalue weighted by atomic mass is 35.5. The van der Waals surface area contributed by atoms with Gasteiger partial charge in [-0.1, -0.05) is 0 Å². The van der Waals surface area contributed by atoms with Gasteiger partial charge in [-0.3, -0.25) is 4.98 Å². The fourth-order valence-corrected chi connectivity index (χ4v) is 2.02. The highest BCUT2D eigenvalue weighted by molar-refractivity contribution is 6.21. The lowest BCUT2D eigenvalue weighted by atomic mass is 9.92. The molecule has 5 heteroatoms. The molecule has 16 heavy (non-hydrogen) atoms. The van der Waals surface area contributed by atoms with Gasteiger partial charge >= 0.3 is 0 Å². The van der Waals surface area contributed by atoms with Crippen molar-refractivity contribution in [2.45, 2.75) is 44.2 Å². The van der Waals surface area contributed by atoms with Crippen molar-refractivity contribution in [2.24, 2.45) is 0 Å². The van der Waals surface area contributed by atoms with Crippen molar-refractivity contribution in [1.29, 1.82) is 0 Å². The van der Waals surface area contributed by atoms with Crippen molar-refractivity contribution in [3.05, 3.63) is 12.4 Å². The minimum atomic E-state index is 0.112. The van der Waals surface area contributed by atoms with Crippen molar-refractivity contribution in [3.63, 3.8) is 0 Å². The number of hydrogen-bond donors (Lipinski definition) is 1. The third-order valence-corrected chi connectivity index (χ3v) is 2.76. The number of alkyl halides is 1. The van der Waals surface area contributed by atoms with Gasteiger partial charge in [-0.15, -0.1) is 11.6 Å². The standard InChI is InChI=1S/C11H16ClN3O/c1-7(2)16-11-6-13-5-10(15-11)14-9-3-8(12)4-9/h5-9H,3-4H2,1-2H3,(H,14,15). The zero-order chi connectivity index (χ0) is 11.5. The first-order valence-corrected chi connectivity index (χ1v) is 5.96. The first-order valence-electron chi connectivity index (χ1n) is 5.53. The molecular weight excluding hydrogens is 226 g/mol. The number of aromatic nitrogens is 2. The number of nitrogens with one attached hydrogen (secondary N) is 1. The lowest BCUT2D eigenvalue weighted by Crippen LogP contribution is -2.36. The van der Waals surface area contributed by atoms with Gasteiger partial charge in [0.2, 0.25) is 5.88 Å². The number of anilines is 1. The van der Waals surface area contributed by atoms with Crippen LogP contribution in [0.5, 0.6) is 5.88 Å². The van der Waals surface area contributed by atoms with Gasteiger partial charge in [0.05, 0.1) is 18.5 Å². The molecule has 4 nitrogen and oxygen atoms in total. The summed E-state index contributed by atoms with van der Waals surface area (Å²) < 4.78 is 5.47. The van der Waals surface area contributed by atoms with Crippen LogP contribution in [-0.2, 0) is 0 Å². The van der Waals surface area contributed by atoms with E-state index in [0.717, 1.165) is 18.7 Å². The van der Waals surface area contributed by atoms with E-state index in [4.69, 9.17) is 16.3 Å². The molecule has 1 N–H and O–H groups in total. The predicted octanol–water partition coefficient (Wildman–Crippen LogP) is 2.45. The Kier molecular flexibility index (Phi) is 3.49. The lowest BCUT2D eigenvalue weighted by molar-refractivity contribution is 0.232. The van der Waals surface area contributed by atoms with E-state index in [2.05, 4.69) is 15.3 Å². The van der Waals surface area contributed by atoms with E-state index in [1.807, 2.05) is 13.8 Å². The zero-order valence-electron chi connectivity index (χ0n) is 9.48. The van der Waals surface area contributed by atoms with Gasteiger partial charge in [0, 0.05) is 11.4 Å². The average molecular weight is 242 g/mol. The second-order valence-corrected chi connectivity index (χ2v) is 4.94. The molecule has 1 aliphatic rings. The summed E-state index contributed by atoms with van der Waals surface area (Å²) in [6, 6.07) is 0.422. The summed E-state index contributed by atoms with van der Waals surface area (Å²) in [6.07, 6.45) is 5.41. The molecule has 0 unspecified atom stereocenters. The number of hydrogen-bond acceptors (Lipinski definition) is 4. The zero-order valence-corrected chi connectivity index (χ0v) is 10.2. The summed E-state index contributed by atoms with van der Waals surface area (Å²) in [5.74, 6) is 1.31. The van der Waals surface area contributed by atoms with Crippen molar-refractivity contribution in [3.8, 4) is 5.88 Å². The fraction of sp³-hybridized carbons (Fsp3) is 0.636. The van der Waals surface area contributed by atoms with Gasteiger partial charge in [-0.25, -0.2) is 0 Å². The van der Waals surface area contributed by atoms with Gasteiger partial charge in [0.25, 0.3) is 0 Å². The average Bonchev–Trinajstić information content (AvgIpc) is 2.15. The second-order valence-electron chi connectivity index (χ2n) is 4.32. The van der Waals surface area contributed by atoms with Gasteiger partial charge < -0.3 is 10.1 Å². The summed E-state index contributed by atoms with van der Waals surface area (Å²) in [7, 11) is 0. The SMILES string of the molecule is CC(C)Oc1cncc(NC2CC(Cl)C2)n1. The Morgan fingerprint density at radius 3 is 2.81 bits per heavy atom. The number of halogens is 1. The quantitative estimate of drug-likeness (QED) is 0.823. The maximum absolute atomic E-state index is 5.91. The molecule has 88 valence electrons. The molecule has 1 aliphatic carbocycles. The Hall–Kier alpha value is -1.03. The molecule has 0 aliphatic heterocycles. The van der Waals surface area contributed by atoms with Crippen LogP contribution in [0.4, 0.5) is 5.82 Å². The molecule has 0 amide bonds. The van der Waals surface area contributed by atoms with Crippen molar-refractivity contribution in [1.82, 2.24) is 9.97 Å². The molecule has 1 aromatic heterocycles. The monoisotopic (exact) mass is 241 g/mol. The highest BCUT2D eigenvalue weighted by Crippen LogP contribution is 2.28. The smallest absolute Gasteiger partial charge is 0.234 e. The highest BCUT2D eigenvalue weighted by Gasteiger charge is 2.27. The van der Waals surface area contributed by atoms with Crippen LogP contribution in [0.2, 0.25) is 0 Å². The molecule has 0 bridgehead atoms. The predicted molar refractivity (Wildman–Crippen MR) is 64.1 cm³/mol. The molecule has 0 saturated heterocycles. The Bertz CT molecular complexity index is 353. The van der Waals surface area contributed by atoms with Gasteiger partial charge in [-0.05, 0) is 26.7 Å². The van der Waals surface area contributed by atoms with Gasteiger partial charge in [0.15, 0.2) is 0 Å². The molecule has 1 fully saturated rings. The van der Waals surface area contributed by atoms with Crippen LogP contribution in [0.1, 0.15) is 26.7 Å². The van der Waals surface area contributed by atoms with E-state index in [1.165, 1.54) is 0 Å². The minimum absolute atomic E-state index is 0.112. The molecular formula is C11H16ClN3O. The first kappa shape index (κ1) is 11.5. The Labute approximate surface area is 100 Å². The molecule has 1 heterocycles. The van der Waals surface area contributed by atoms with Crippen LogP contribution in [0.15, 0.2) is 12.4 Å². The Morgan fingerprint density at radius 1 is 1.44 bits per heavy atom. The van der Waals surface area contributed by atoms with E-state index >= 15 is 0 Å². The maximum atomic E-state index is 5.91. The largest absolute Gasteiger partial charge is 0.474 e. The topological polar surface area (TPSA) is 47.0 Å². The molecule has 0 radical (unpaired) electrons. The summed E-state index contributed by atoms with van der Waals surface area (Å²) >= 11 is 5.91. The van der Waals surface area contributed by atoms with Crippen molar-refractivity contribution < 1.29 is 4.74 Å².